The van der Waals surface area contributed by atoms with Gasteiger partial charge in [0.25, 0.3) is 0 Å². The maximum Gasteiger partial charge on any atom is 0.167 e. The maximum absolute atomic E-state index is 5.57. The predicted octanol–water partition coefficient (Wildman–Crippen LogP) is 1.95. The number of fused-ring (bicyclic) bond motifs is 1. The van der Waals surface area contributed by atoms with Crippen LogP contribution < -0.4 is 0 Å². The molecule has 3 heterocycles. The third-order valence-electron chi connectivity index (χ3n) is 4.50. The molecule has 1 aromatic carbocycles. The smallest absolute Gasteiger partial charge is 0.167 e. The Labute approximate surface area is 134 Å². The number of H-pyrrole nitrogens is 2. The number of aryl methyl sites for hydroxylation is 1. The number of aromatic amines is 2. The van der Waals surface area contributed by atoms with Crippen LogP contribution in [0.5, 0.6) is 0 Å². The van der Waals surface area contributed by atoms with E-state index in [1.165, 1.54) is 5.56 Å². The minimum absolute atomic E-state index is 0.183. The van der Waals surface area contributed by atoms with Crippen LogP contribution in [0.3, 0.4) is 0 Å². The Hall–Kier alpha value is -2.25. The molecule has 0 aliphatic carbocycles. The first-order valence-electron chi connectivity index (χ1n) is 7.80. The van der Waals surface area contributed by atoms with Gasteiger partial charge in [-0.15, -0.1) is 0 Å². The van der Waals surface area contributed by atoms with Crippen LogP contribution in [0.1, 0.15) is 29.7 Å². The normalized spacial score (nSPS) is 22.2. The zero-order valence-electron chi connectivity index (χ0n) is 13.3. The van der Waals surface area contributed by atoms with Gasteiger partial charge >= 0.3 is 0 Å². The zero-order valence-corrected chi connectivity index (χ0v) is 13.3. The monoisotopic (exact) mass is 312 g/mol. The lowest BCUT2D eigenvalue weighted by atomic mass is 10.1. The molecule has 1 aliphatic rings. The fourth-order valence-electron chi connectivity index (χ4n) is 3.30. The highest BCUT2D eigenvalue weighted by Gasteiger charge is 2.35. The molecule has 7 nitrogen and oxygen atoms in total. The van der Waals surface area contributed by atoms with Gasteiger partial charge in [-0.05, 0) is 25.0 Å². The van der Waals surface area contributed by atoms with Gasteiger partial charge in [-0.2, -0.15) is 10.2 Å². The summed E-state index contributed by atoms with van der Waals surface area (Å²) in [6, 6.07) is 6.59. The van der Waals surface area contributed by atoms with E-state index in [1.54, 1.807) is 7.11 Å². The van der Waals surface area contributed by atoms with Gasteiger partial charge in [-0.1, -0.05) is 12.1 Å². The van der Waals surface area contributed by atoms with E-state index >= 15 is 0 Å². The summed E-state index contributed by atoms with van der Waals surface area (Å²) >= 11 is 0. The van der Waals surface area contributed by atoms with Crippen molar-refractivity contribution in [2.45, 2.75) is 32.0 Å². The summed E-state index contributed by atoms with van der Waals surface area (Å²) < 4.78 is 5.57. The molecule has 7 heteroatoms. The van der Waals surface area contributed by atoms with Gasteiger partial charge in [-0.25, -0.2) is 4.98 Å². The van der Waals surface area contributed by atoms with Gasteiger partial charge in [-0.3, -0.25) is 15.1 Å². The molecule has 23 heavy (non-hydrogen) atoms. The van der Waals surface area contributed by atoms with E-state index in [9.17, 15) is 0 Å². The second-order valence-electron chi connectivity index (χ2n) is 6.11. The van der Waals surface area contributed by atoms with E-state index < -0.39 is 0 Å². The largest absolute Gasteiger partial charge is 0.380 e. The second kappa shape index (κ2) is 5.75. The van der Waals surface area contributed by atoms with Gasteiger partial charge in [0.05, 0.1) is 23.9 Å². The summed E-state index contributed by atoms with van der Waals surface area (Å²) in [6.07, 6.45) is 2.98. The molecule has 0 spiro atoms. The van der Waals surface area contributed by atoms with Gasteiger partial charge in [0.2, 0.25) is 0 Å². The Bertz CT molecular complexity index is 810. The standard InChI is InChI=1S/C16H20N6O/c1-10-18-16(21-19-10)15-6-13(23-2)9-22(15)8-11-3-4-12-7-17-20-14(12)5-11/h3-5,7,13,15H,6,8-9H2,1-2H3,(H,17,20)(H,18,19,21)/t13-,15+/m1/s1. The molecular weight excluding hydrogens is 292 g/mol. The van der Waals surface area contributed by atoms with Crippen molar-refractivity contribution in [3.63, 3.8) is 0 Å². The van der Waals surface area contributed by atoms with Crippen LogP contribution in [-0.4, -0.2) is 50.0 Å². The lowest BCUT2D eigenvalue weighted by molar-refractivity contribution is 0.107. The van der Waals surface area contributed by atoms with E-state index in [0.717, 1.165) is 42.1 Å². The highest BCUT2D eigenvalue weighted by Crippen LogP contribution is 2.33. The first-order chi connectivity index (χ1) is 11.2. The number of rotatable bonds is 4. The Morgan fingerprint density at radius 2 is 2.26 bits per heavy atom. The Balaban J connectivity index is 1.59. The number of ether oxygens (including phenoxy) is 1. The Morgan fingerprint density at radius 1 is 1.35 bits per heavy atom. The van der Waals surface area contributed by atoms with E-state index in [4.69, 9.17) is 4.74 Å². The minimum Gasteiger partial charge on any atom is -0.380 e. The number of nitrogens with zero attached hydrogens (tertiary/aromatic N) is 4. The lowest BCUT2D eigenvalue weighted by Crippen LogP contribution is -2.25. The third-order valence-corrected chi connectivity index (χ3v) is 4.50. The quantitative estimate of drug-likeness (QED) is 0.769. The first kappa shape index (κ1) is 14.3. The molecule has 4 rings (SSSR count). The average Bonchev–Trinajstić information content (AvgIpc) is 3.26. The second-order valence-corrected chi connectivity index (χ2v) is 6.11. The van der Waals surface area contributed by atoms with Gasteiger partial charge in [0, 0.05) is 25.6 Å². The molecule has 2 aromatic heterocycles. The van der Waals surface area contributed by atoms with E-state index in [1.807, 2.05) is 13.1 Å². The van der Waals surface area contributed by atoms with Gasteiger partial charge in [0.1, 0.15) is 5.82 Å². The molecule has 3 aromatic rings. The van der Waals surface area contributed by atoms with E-state index in [-0.39, 0.29) is 12.1 Å². The van der Waals surface area contributed by atoms with Gasteiger partial charge in [0.15, 0.2) is 5.82 Å². The van der Waals surface area contributed by atoms with Crippen LogP contribution in [0.2, 0.25) is 0 Å². The van der Waals surface area contributed by atoms with Crippen molar-refractivity contribution >= 4 is 10.9 Å². The van der Waals surface area contributed by atoms with Crippen molar-refractivity contribution < 1.29 is 4.74 Å². The Kier molecular flexibility index (Phi) is 3.59. The summed E-state index contributed by atoms with van der Waals surface area (Å²) in [5.74, 6) is 1.70. The van der Waals surface area contributed by atoms with Crippen LogP contribution in [0, 0.1) is 6.92 Å². The molecule has 2 N–H and O–H groups in total. The van der Waals surface area contributed by atoms with Crippen LogP contribution >= 0.6 is 0 Å². The highest BCUT2D eigenvalue weighted by atomic mass is 16.5. The summed E-state index contributed by atoms with van der Waals surface area (Å²) in [5.41, 5.74) is 2.31. The van der Waals surface area contributed by atoms with Crippen LogP contribution in [-0.2, 0) is 11.3 Å². The van der Waals surface area contributed by atoms with E-state index in [0.29, 0.717) is 0 Å². The number of benzene rings is 1. The molecule has 0 unspecified atom stereocenters. The van der Waals surface area contributed by atoms with Crippen molar-refractivity contribution in [3.05, 3.63) is 41.6 Å². The van der Waals surface area contributed by atoms with Crippen LogP contribution in [0.25, 0.3) is 10.9 Å². The van der Waals surface area contributed by atoms with Crippen LogP contribution in [0.15, 0.2) is 24.4 Å². The zero-order chi connectivity index (χ0) is 15.8. The topological polar surface area (TPSA) is 82.7 Å². The first-order valence-corrected chi connectivity index (χ1v) is 7.80. The molecule has 0 radical (unpaired) electrons. The molecular formula is C16H20N6O. The molecule has 0 amide bonds. The highest BCUT2D eigenvalue weighted by molar-refractivity contribution is 5.78. The SMILES string of the molecule is CO[C@@H]1C[C@@H](c2n[nH]c(C)n2)N(Cc2ccc3cn[nH]c3c2)C1. The number of likely N-dealkylation sites (tertiary alicyclic amines) is 1. The lowest BCUT2D eigenvalue weighted by Gasteiger charge is -2.21. The van der Waals surface area contributed by atoms with Crippen molar-refractivity contribution in [2.24, 2.45) is 0 Å². The summed E-state index contributed by atoms with van der Waals surface area (Å²) in [6.45, 7) is 3.65. The molecule has 0 bridgehead atoms. The fourth-order valence-corrected chi connectivity index (χ4v) is 3.30. The summed E-state index contributed by atoms with van der Waals surface area (Å²) in [4.78, 5) is 6.90. The number of hydrogen-bond donors (Lipinski definition) is 2. The average molecular weight is 312 g/mol. The van der Waals surface area contributed by atoms with Gasteiger partial charge < -0.3 is 4.74 Å². The van der Waals surface area contributed by atoms with Crippen molar-refractivity contribution in [1.29, 1.82) is 0 Å². The third kappa shape index (κ3) is 2.73. The van der Waals surface area contributed by atoms with Crippen molar-refractivity contribution in [3.8, 4) is 0 Å². The molecule has 1 saturated heterocycles. The molecule has 120 valence electrons. The van der Waals surface area contributed by atoms with E-state index in [2.05, 4.69) is 48.5 Å². The molecule has 2 atom stereocenters. The number of hydrogen-bond acceptors (Lipinski definition) is 5. The molecule has 1 fully saturated rings. The maximum atomic E-state index is 5.57. The minimum atomic E-state index is 0.183. The fraction of sp³-hybridized carbons (Fsp3) is 0.438. The molecule has 0 saturated carbocycles. The summed E-state index contributed by atoms with van der Waals surface area (Å²) in [5, 5.41) is 15.5. The summed E-state index contributed by atoms with van der Waals surface area (Å²) in [7, 11) is 1.77. The van der Waals surface area contributed by atoms with Crippen molar-refractivity contribution in [2.75, 3.05) is 13.7 Å². The Morgan fingerprint density at radius 3 is 3.04 bits per heavy atom. The number of methoxy groups -OCH3 is 1. The number of aromatic nitrogens is 5. The van der Waals surface area contributed by atoms with Crippen LogP contribution in [0.4, 0.5) is 0 Å². The number of nitrogens with one attached hydrogen (secondary N) is 2. The predicted molar refractivity (Wildman–Crippen MR) is 85.8 cm³/mol. The molecule has 1 aliphatic heterocycles. The van der Waals surface area contributed by atoms with Crippen molar-refractivity contribution in [1.82, 2.24) is 30.3 Å².